The molecule has 1 aromatic rings. The fraction of sp³-hybridized carbons (Fsp3) is 0.533. The average Bonchev–Trinajstić information content (AvgIpc) is 3.31. The molecule has 0 aromatic heterocycles. The van der Waals surface area contributed by atoms with E-state index in [4.69, 9.17) is 39.5 Å². The molecule has 1 N–H and O–H groups in total. The minimum atomic E-state index is -0.196. The maximum absolute atomic E-state index is 11.8. The molecule has 0 bridgehead atoms. The number of carbonyl (C=O) groups is 1. The lowest BCUT2D eigenvalue weighted by Crippen LogP contribution is -2.42. The van der Waals surface area contributed by atoms with E-state index < -0.39 is 0 Å². The van der Waals surface area contributed by atoms with Crippen molar-refractivity contribution in [3.05, 3.63) is 27.2 Å². The van der Waals surface area contributed by atoms with E-state index in [1.165, 1.54) is 25.0 Å². The number of hydrogen-bond acceptors (Lipinski definition) is 3. The number of ether oxygens (including phenoxy) is 1. The van der Waals surface area contributed by atoms with Crippen molar-refractivity contribution >= 4 is 40.7 Å². The van der Waals surface area contributed by atoms with Crippen LogP contribution in [0.1, 0.15) is 19.8 Å². The van der Waals surface area contributed by atoms with Gasteiger partial charge in [-0.1, -0.05) is 34.8 Å². The molecule has 1 atom stereocenters. The van der Waals surface area contributed by atoms with E-state index in [-0.39, 0.29) is 12.5 Å². The fourth-order valence-corrected chi connectivity index (χ4v) is 2.65. The molecule has 2 rings (SSSR count). The Morgan fingerprint density at radius 2 is 1.95 bits per heavy atom. The van der Waals surface area contributed by atoms with Gasteiger partial charge in [0.2, 0.25) is 0 Å². The van der Waals surface area contributed by atoms with Crippen LogP contribution < -0.4 is 10.1 Å². The van der Waals surface area contributed by atoms with Gasteiger partial charge in [-0.05, 0) is 32.9 Å². The lowest BCUT2D eigenvalue weighted by Gasteiger charge is -2.24. The lowest BCUT2D eigenvalue weighted by atomic mass is 10.3. The second kappa shape index (κ2) is 7.73. The summed E-state index contributed by atoms with van der Waals surface area (Å²) >= 11 is 17.7. The molecule has 22 heavy (non-hydrogen) atoms. The number of carbonyl (C=O) groups excluding carboxylic acids is 1. The Bertz CT molecular complexity index is 550. The molecule has 1 aromatic carbocycles. The Morgan fingerprint density at radius 3 is 2.59 bits per heavy atom. The van der Waals surface area contributed by atoms with Crippen LogP contribution in [0, 0.1) is 0 Å². The highest BCUT2D eigenvalue weighted by molar-refractivity contribution is 6.43. The number of rotatable bonds is 7. The normalized spacial score (nSPS) is 15.7. The SMILES string of the molecule is CC(CNC(=O)COc1cc(Cl)c(Cl)cc1Cl)N(C)C1CC1. The molecule has 4 nitrogen and oxygen atoms in total. The lowest BCUT2D eigenvalue weighted by molar-refractivity contribution is -0.123. The Hall–Kier alpha value is -0.680. The summed E-state index contributed by atoms with van der Waals surface area (Å²) in [6.45, 7) is 2.57. The Balaban J connectivity index is 1.76. The first-order valence-corrected chi connectivity index (χ1v) is 8.28. The topological polar surface area (TPSA) is 41.6 Å². The van der Waals surface area contributed by atoms with E-state index in [1.54, 1.807) is 0 Å². The first-order valence-electron chi connectivity index (χ1n) is 7.14. The number of amides is 1. The van der Waals surface area contributed by atoms with Crippen molar-refractivity contribution in [2.45, 2.75) is 31.8 Å². The van der Waals surface area contributed by atoms with E-state index in [0.29, 0.717) is 39.4 Å². The Morgan fingerprint density at radius 1 is 1.32 bits per heavy atom. The molecule has 7 heteroatoms. The summed E-state index contributed by atoms with van der Waals surface area (Å²) in [6, 6.07) is 3.96. The monoisotopic (exact) mass is 364 g/mol. The number of hydrogen-bond donors (Lipinski definition) is 1. The molecule has 1 unspecified atom stereocenters. The summed E-state index contributed by atoms with van der Waals surface area (Å²) in [4.78, 5) is 14.1. The van der Waals surface area contributed by atoms with Gasteiger partial charge in [-0.25, -0.2) is 0 Å². The number of benzene rings is 1. The van der Waals surface area contributed by atoms with Crippen LogP contribution in [0.3, 0.4) is 0 Å². The van der Waals surface area contributed by atoms with Crippen LogP contribution in [0.4, 0.5) is 0 Å². The van der Waals surface area contributed by atoms with Crippen molar-refractivity contribution < 1.29 is 9.53 Å². The van der Waals surface area contributed by atoms with Crippen LogP contribution in [0.5, 0.6) is 5.75 Å². The summed E-state index contributed by atoms with van der Waals surface area (Å²) in [7, 11) is 2.08. The van der Waals surface area contributed by atoms with Crippen molar-refractivity contribution in [2.24, 2.45) is 0 Å². The highest BCUT2D eigenvalue weighted by atomic mass is 35.5. The number of nitrogens with one attached hydrogen (secondary N) is 1. The minimum absolute atomic E-state index is 0.114. The number of nitrogens with zero attached hydrogens (tertiary/aromatic N) is 1. The maximum Gasteiger partial charge on any atom is 0.257 e. The quantitative estimate of drug-likeness (QED) is 0.750. The molecule has 1 aliphatic carbocycles. The minimum Gasteiger partial charge on any atom is -0.482 e. The highest BCUT2D eigenvalue weighted by Crippen LogP contribution is 2.33. The largest absolute Gasteiger partial charge is 0.482 e. The molecule has 122 valence electrons. The zero-order valence-electron chi connectivity index (χ0n) is 12.5. The van der Waals surface area contributed by atoms with Gasteiger partial charge in [0.1, 0.15) is 5.75 Å². The Labute approximate surface area is 145 Å². The average molecular weight is 366 g/mol. The highest BCUT2D eigenvalue weighted by Gasteiger charge is 2.29. The van der Waals surface area contributed by atoms with E-state index >= 15 is 0 Å². The summed E-state index contributed by atoms with van der Waals surface area (Å²) in [5, 5.41) is 3.86. The number of halogens is 3. The van der Waals surface area contributed by atoms with E-state index in [0.717, 1.165) is 0 Å². The van der Waals surface area contributed by atoms with Gasteiger partial charge in [-0.2, -0.15) is 0 Å². The third-order valence-electron chi connectivity index (χ3n) is 3.75. The second-order valence-electron chi connectivity index (χ2n) is 5.54. The van der Waals surface area contributed by atoms with Crippen molar-refractivity contribution in [1.29, 1.82) is 0 Å². The number of likely N-dealkylation sites (N-methyl/N-ethyl adjacent to an activating group) is 1. The molecule has 0 spiro atoms. The molecular weight excluding hydrogens is 347 g/mol. The summed E-state index contributed by atoms with van der Waals surface area (Å²) in [6.07, 6.45) is 2.49. The van der Waals surface area contributed by atoms with Crippen LogP contribution in [-0.2, 0) is 4.79 Å². The van der Waals surface area contributed by atoms with E-state index in [9.17, 15) is 4.79 Å². The van der Waals surface area contributed by atoms with Crippen molar-refractivity contribution in [1.82, 2.24) is 10.2 Å². The van der Waals surface area contributed by atoms with Crippen LogP contribution >= 0.6 is 34.8 Å². The predicted molar refractivity (Wildman–Crippen MR) is 90.2 cm³/mol. The van der Waals surface area contributed by atoms with Crippen LogP contribution in [-0.4, -0.2) is 43.1 Å². The zero-order chi connectivity index (χ0) is 16.3. The summed E-state index contributed by atoms with van der Waals surface area (Å²) in [5.74, 6) is 0.146. The fourth-order valence-electron chi connectivity index (χ4n) is 2.06. The molecule has 1 amide bonds. The third-order valence-corrected chi connectivity index (χ3v) is 4.76. The first kappa shape index (κ1) is 17.7. The van der Waals surface area contributed by atoms with Crippen molar-refractivity contribution in [3.8, 4) is 5.75 Å². The molecule has 0 saturated heterocycles. The van der Waals surface area contributed by atoms with Gasteiger partial charge < -0.3 is 10.1 Å². The van der Waals surface area contributed by atoms with E-state index in [1.807, 2.05) is 0 Å². The molecule has 0 radical (unpaired) electrons. The molecule has 0 heterocycles. The summed E-state index contributed by atoms with van der Waals surface area (Å²) < 4.78 is 5.39. The third kappa shape index (κ3) is 4.92. The second-order valence-corrected chi connectivity index (χ2v) is 6.76. The Kier molecular flexibility index (Phi) is 6.21. The van der Waals surface area contributed by atoms with Gasteiger partial charge in [-0.15, -0.1) is 0 Å². The predicted octanol–water partition coefficient (Wildman–Crippen LogP) is 3.62. The van der Waals surface area contributed by atoms with Crippen LogP contribution in [0.25, 0.3) is 0 Å². The molecule has 1 saturated carbocycles. The smallest absolute Gasteiger partial charge is 0.257 e. The molecule has 0 aliphatic heterocycles. The first-order chi connectivity index (χ1) is 10.4. The van der Waals surface area contributed by atoms with Gasteiger partial charge >= 0.3 is 0 Å². The molecular formula is C15H19Cl3N2O2. The van der Waals surface area contributed by atoms with Gasteiger partial charge in [0, 0.05) is 24.7 Å². The maximum atomic E-state index is 11.8. The van der Waals surface area contributed by atoms with Gasteiger partial charge in [0.05, 0.1) is 15.1 Å². The van der Waals surface area contributed by atoms with Gasteiger partial charge in [0.25, 0.3) is 5.91 Å². The molecule has 1 fully saturated rings. The molecule has 1 aliphatic rings. The zero-order valence-corrected chi connectivity index (χ0v) is 14.8. The summed E-state index contributed by atoms with van der Waals surface area (Å²) in [5.41, 5.74) is 0. The standard InChI is InChI=1S/C15H19Cl3N2O2/c1-9(20(2)10-3-4-10)7-19-15(21)8-22-14-6-12(17)11(16)5-13(14)18/h5-6,9-10H,3-4,7-8H2,1-2H3,(H,19,21). The van der Waals surface area contributed by atoms with Gasteiger partial charge in [0.15, 0.2) is 6.61 Å². The van der Waals surface area contributed by atoms with Crippen molar-refractivity contribution in [3.63, 3.8) is 0 Å². The van der Waals surface area contributed by atoms with E-state index in [2.05, 4.69) is 24.2 Å². The van der Waals surface area contributed by atoms with Crippen LogP contribution in [0.15, 0.2) is 12.1 Å². The van der Waals surface area contributed by atoms with Crippen molar-refractivity contribution in [2.75, 3.05) is 20.2 Å². The van der Waals surface area contributed by atoms with Crippen LogP contribution in [0.2, 0.25) is 15.1 Å². The van der Waals surface area contributed by atoms with Gasteiger partial charge in [-0.3, -0.25) is 9.69 Å².